The Hall–Kier alpha value is -0.910. The maximum absolute atomic E-state index is 11.4. The molecule has 3 aliphatic rings. The molecule has 0 N–H and O–H groups in total. The first-order valence-electron chi connectivity index (χ1n) is 8.47. The van der Waals surface area contributed by atoms with Crippen molar-refractivity contribution in [1.29, 1.82) is 0 Å². The Morgan fingerprint density at radius 3 is 2.57 bits per heavy atom. The van der Waals surface area contributed by atoms with Gasteiger partial charge in [0.1, 0.15) is 23.4 Å². The van der Waals surface area contributed by atoms with Gasteiger partial charge in [-0.2, -0.15) is 0 Å². The largest absolute Gasteiger partial charge is 0.460 e. The van der Waals surface area contributed by atoms with Crippen LogP contribution in [0, 0.1) is 5.92 Å². The summed E-state index contributed by atoms with van der Waals surface area (Å²) in [5.41, 5.74) is 0.859. The lowest BCUT2D eigenvalue weighted by Crippen LogP contribution is -2.55. The average molecular weight is 324 g/mol. The predicted octanol–water partition coefficient (Wildman–Crippen LogP) is 2.63. The van der Waals surface area contributed by atoms with Gasteiger partial charge in [0.2, 0.25) is 0 Å². The van der Waals surface area contributed by atoms with Gasteiger partial charge in [0.25, 0.3) is 0 Å². The van der Waals surface area contributed by atoms with Gasteiger partial charge in [-0.25, -0.2) is 0 Å². The number of allylic oxidation sites excluding steroid dienone is 1. The lowest BCUT2D eigenvalue weighted by Gasteiger charge is -2.42. The van der Waals surface area contributed by atoms with Gasteiger partial charge < -0.3 is 18.9 Å². The van der Waals surface area contributed by atoms with Crippen LogP contribution in [0.1, 0.15) is 47.0 Å². The second-order valence-corrected chi connectivity index (χ2v) is 7.53. The number of methoxy groups -OCH3 is 1. The molecular formula is C18H28O5. The Kier molecular flexibility index (Phi) is 4.32. The highest BCUT2D eigenvalue weighted by Gasteiger charge is 2.72. The van der Waals surface area contributed by atoms with E-state index in [9.17, 15) is 4.79 Å². The minimum atomic E-state index is -0.276. The molecule has 0 amide bonds. The van der Waals surface area contributed by atoms with Crippen LogP contribution in [0.15, 0.2) is 11.6 Å². The van der Waals surface area contributed by atoms with Gasteiger partial charge in [-0.3, -0.25) is 4.79 Å². The fourth-order valence-corrected chi connectivity index (χ4v) is 4.28. The van der Waals surface area contributed by atoms with Gasteiger partial charge in [0.05, 0.1) is 18.6 Å². The number of ether oxygens (including phenoxy) is 4. The maximum atomic E-state index is 11.4. The van der Waals surface area contributed by atoms with Gasteiger partial charge in [0, 0.05) is 14.0 Å². The first-order chi connectivity index (χ1) is 10.8. The van der Waals surface area contributed by atoms with Crippen LogP contribution in [-0.4, -0.2) is 49.2 Å². The third-order valence-electron chi connectivity index (χ3n) is 5.55. The van der Waals surface area contributed by atoms with Crippen molar-refractivity contribution in [2.75, 3.05) is 13.7 Å². The smallest absolute Gasteiger partial charge is 0.302 e. The molecule has 23 heavy (non-hydrogen) atoms. The minimum Gasteiger partial charge on any atom is -0.460 e. The molecule has 2 heterocycles. The third-order valence-corrected chi connectivity index (χ3v) is 5.55. The van der Waals surface area contributed by atoms with E-state index in [4.69, 9.17) is 18.9 Å². The Morgan fingerprint density at radius 1 is 1.35 bits per heavy atom. The number of carbonyl (C=O) groups excluding carboxylic acids is 1. The van der Waals surface area contributed by atoms with Gasteiger partial charge in [-0.15, -0.1) is 0 Å². The van der Waals surface area contributed by atoms with Crippen LogP contribution in [0.4, 0.5) is 0 Å². The Labute approximate surface area is 138 Å². The summed E-state index contributed by atoms with van der Waals surface area (Å²) in [6.45, 7) is 8.54. The van der Waals surface area contributed by atoms with Crippen molar-refractivity contribution in [2.24, 2.45) is 5.92 Å². The molecular weight excluding hydrogens is 296 g/mol. The van der Waals surface area contributed by atoms with E-state index in [1.807, 2.05) is 0 Å². The van der Waals surface area contributed by atoms with Crippen molar-refractivity contribution >= 4 is 5.97 Å². The van der Waals surface area contributed by atoms with Crippen molar-refractivity contribution in [3.05, 3.63) is 11.6 Å². The number of hydrogen-bond acceptors (Lipinski definition) is 5. The van der Waals surface area contributed by atoms with E-state index in [2.05, 4.69) is 26.8 Å². The quantitative estimate of drug-likeness (QED) is 0.442. The molecule has 2 aliphatic heterocycles. The van der Waals surface area contributed by atoms with Crippen molar-refractivity contribution in [3.8, 4) is 0 Å². The highest BCUT2D eigenvalue weighted by Crippen LogP contribution is 2.59. The summed E-state index contributed by atoms with van der Waals surface area (Å²) < 4.78 is 23.3. The summed E-state index contributed by atoms with van der Waals surface area (Å²) in [5, 5.41) is 0. The van der Waals surface area contributed by atoms with E-state index < -0.39 is 0 Å². The molecule has 1 spiro atoms. The molecule has 0 aromatic heterocycles. The first-order valence-corrected chi connectivity index (χ1v) is 8.47. The van der Waals surface area contributed by atoms with Crippen LogP contribution < -0.4 is 0 Å². The van der Waals surface area contributed by atoms with Crippen LogP contribution in [0.3, 0.4) is 0 Å². The van der Waals surface area contributed by atoms with E-state index in [1.54, 1.807) is 7.11 Å². The number of epoxide rings is 2. The van der Waals surface area contributed by atoms with Gasteiger partial charge in [-0.1, -0.05) is 11.6 Å². The molecule has 2 unspecified atom stereocenters. The summed E-state index contributed by atoms with van der Waals surface area (Å²) in [5.74, 6) is -0.167. The molecule has 6 atom stereocenters. The molecule has 3 fully saturated rings. The monoisotopic (exact) mass is 324 g/mol. The van der Waals surface area contributed by atoms with Crippen molar-refractivity contribution < 1.29 is 23.7 Å². The molecule has 3 rings (SSSR count). The van der Waals surface area contributed by atoms with Crippen LogP contribution in [-0.2, 0) is 23.7 Å². The maximum Gasteiger partial charge on any atom is 0.302 e. The Balaban J connectivity index is 1.79. The molecule has 5 nitrogen and oxygen atoms in total. The molecule has 0 bridgehead atoms. The van der Waals surface area contributed by atoms with Crippen LogP contribution in [0.5, 0.6) is 0 Å². The highest BCUT2D eigenvalue weighted by atomic mass is 16.6. The predicted molar refractivity (Wildman–Crippen MR) is 85.1 cm³/mol. The average Bonchev–Trinajstić information content (AvgIpc) is 3.37. The molecule has 0 aromatic rings. The van der Waals surface area contributed by atoms with Crippen LogP contribution >= 0.6 is 0 Å². The van der Waals surface area contributed by atoms with E-state index in [1.165, 1.54) is 12.5 Å². The van der Waals surface area contributed by atoms with Gasteiger partial charge >= 0.3 is 5.97 Å². The second kappa shape index (κ2) is 5.87. The number of esters is 1. The summed E-state index contributed by atoms with van der Waals surface area (Å²) in [4.78, 5) is 11.4. The fourth-order valence-electron chi connectivity index (χ4n) is 4.28. The van der Waals surface area contributed by atoms with Gasteiger partial charge in [-0.05, 0) is 40.0 Å². The van der Waals surface area contributed by atoms with Crippen LogP contribution in [0.25, 0.3) is 0 Å². The SMILES string of the molecule is CO[C@H]1C(C2(C)O[C@@H]2CC=C(C)C)[C@]2(CC[C@H]1OC(C)=O)CO2. The molecule has 2 saturated heterocycles. The lowest BCUT2D eigenvalue weighted by molar-refractivity contribution is -0.169. The zero-order valence-corrected chi connectivity index (χ0v) is 14.8. The van der Waals surface area contributed by atoms with E-state index in [0.29, 0.717) is 0 Å². The molecule has 1 aliphatic carbocycles. The molecule has 1 saturated carbocycles. The third kappa shape index (κ3) is 3.06. The number of carbonyl (C=O) groups is 1. The van der Waals surface area contributed by atoms with Crippen molar-refractivity contribution in [2.45, 2.75) is 76.5 Å². The fraction of sp³-hybridized carbons (Fsp3) is 0.833. The van der Waals surface area contributed by atoms with Gasteiger partial charge in [0.15, 0.2) is 0 Å². The first kappa shape index (κ1) is 16.9. The lowest BCUT2D eigenvalue weighted by atomic mass is 9.68. The summed E-state index contributed by atoms with van der Waals surface area (Å²) in [7, 11) is 1.69. The van der Waals surface area contributed by atoms with Crippen molar-refractivity contribution in [1.82, 2.24) is 0 Å². The zero-order valence-electron chi connectivity index (χ0n) is 14.8. The molecule has 130 valence electrons. The summed E-state index contributed by atoms with van der Waals surface area (Å²) in [6.07, 6.45) is 4.56. The second-order valence-electron chi connectivity index (χ2n) is 7.53. The van der Waals surface area contributed by atoms with Crippen molar-refractivity contribution in [3.63, 3.8) is 0 Å². The number of rotatable bonds is 5. The molecule has 0 radical (unpaired) electrons. The summed E-state index contributed by atoms with van der Waals surface area (Å²) >= 11 is 0. The Bertz CT molecular complexity index is 506. The Morgan fingerprint density at radius 2 is 2.04 bits per heavy atom. The highest BCUT2D eigenvalue weighted by molar-refractivity contribution is 5.66. The summed E-state index contributed by atoms with van der Waals surface area (Å²) in [6, 6.07) is 0. The van der Waals surface area contributed by atoms with Crippen LogP contribution in [0.2, 0.25) is 0 Å². The normalized spacial score (nSPS) is 44.7. The zero-order chi connectivity index (χ0) is 16.8. The minimum absolute atomic E-state index is 0.0914. The topological polar surface area (TPSA) is 60.6 Å². The van der Waals surface area contributed by atoms with E-state index in [-0.39, 0.29) is 41.4 Å². The van der Waals surface area contributed by atoms with E-state index in [0.717, 1.165) is 25.9 Å². The molecule has 0 aromatic carbocycles. The molecule has 5 heteroatoms. The number of hydrogen-bond donors (Lipinski definition) is 0. The van der Waals surface area contributed by atoms with E-state index >= 15 is 0 Å². The standard InChI is InChI=1S/C18H28O5/c1-11(2)6-7-14-17(4,23-14)16-15(20-5)13(22-12(3)19)8-9-18(16)10-21-18/h6,13-16H,7-10H2,1-5H3/t13-,14-,15-,16?,17?,18+/m1/s1.